The van der Waals surface area contributed by atoms with E-state index in [1.165, 1.54) is 43.1 Å². The Morgan fingerprint density at radius 3 is 2.21 bits per heavy atom. The fourth-order valence-corrected chi connectivity index (χ4v) is 5.78. The summed E-state index contributed by atoms with van der Waals surface area (Å²) in [5.41, 5.74) is 1.23. The Kier molecular flexibility index (Phi) is 8.06. The molecule has 4 aromatic rings. The smallest absolute Gasteiger partial charge is 0.296 e. The van der Waals surface area contributed by atoms with Crippen LogP contribution in [0.15, 0.2) is 75.2 Å². The van der Waals surface area contributed by atoms with E-state index in [1.54, 1.807) is 43.3 Å². The van der Waals surface area contributed by atoms with Crippen molar-refractivity contribution < 1.29 is 27.4 Å². The Balaban J connectivity index is 1.92. The van der Waals surface area contributed by atoms with Crippen LogP contribution in [-0.2, 0) is 16.3 Å². The van der Waals surface area contributed by atoms with E-state index < -0.39 is 26.2 Å². The molecule has 0 aliphatic rings. The fourth-order valence-electron chi connectivity index (χ4n) is 4.44. The zero-order chi connectivity index (χ0) is 28.3. The number of hydrogen-bond donors (Lipinski definition) is 1. The second kappa shape index (κ2) is 11.3. The number of hydrogen-bond acceptors (Lipinski definition) is 7. The summed E-state index contributed by atoms with van der Waals surface area (Å²) in [6, 6.07) is 15.1. The number of sulfone groups is 1. The van der Waals surface area contributed by atoms with E-state index in [9.17, 15) is 22.7 Å². The van der Waals surface area contributed by atoms with Crippen LogP contribution in [-0.4, -0.2) is 37.3 Å². The topological polar surface area (TPSA) is 108 Å². The molecule has 0 fully saturated rings. The first kappa shape index (κ1) is 27.8. The van der Waals surface area contributed by atoms with Crippen molar-refractivity contribution in [3.63, 3.8) is 0 Å². The lowest BCUT2D eigenvalue weighted by atomic mass is 10.0. The molecule has 1 heterocycles. The lowest BCUT2D eigenvalue weighted by Gasteiger charge is -2.21. The first-order valence-corrected chi connectivity index (χ1v) is 13.8. The normalized spacial score (nSPS) is 11.4. The predicted molar refractivity (Wildman–Crippen MR) is 145 cm³/mol. The van der Waals surface area contributed by atoms with Crippen molar-refractivity contribution in [3.8, 4) is 34.2 Å². The third kappa shape index (κ3) is 5.24. The molecule has 8 nitrogen and oxygen atoms in total. The summed E-state index contributed by atoms with van der Waals surface area (Å²) < 4.78 is 53.2. The van der Waals surface area contributed by atoms with Crippen molar-refractivity contribution in [1.82, 2.24) is 9.55 Å². The maximum Gasteiger partial charge on any atom is 0.296 e. The van der Waals surface area contributed by atoms with Gasteiger partial charge in [-0.2, -0.15) is 4.98 Å². The van der Waals surface area contributed by atoms with Gasteiger partial charge in [0.05, 0.1) is 19.1 Å². The van der Waals surface area contributed by atoms with Crippen LogP contribution in [0.1, 0.15) is 31.2 Å². The van der Waals surface area contributed by atoms with Crippen LogP contribution in [0.3, 0.4) is 0 Å². The minimum Gasteiger partial charge on any atom is -0.494 e. The third-order valence-electron chi connectivity index (χ3n) is 6.41. The Morgan fingerprint density at radius 2 is 1.64 bits per heavy atom. The average molecular weight is 553 g/mol. The van der Waals surface area contributed by atoms with Gasteiger partial charge in [-0.25, -0.2) is 12.8 Å². The van der Waals surface area contributed by atoms with E-state index >= 15 is 0 Å². The molecule has 39 heavy (non-hydrogen) atoms. The largest absolute Gasteiger partial charge is 0.494 e. The van der Waals surface area contributed by atoms with Crippen LogP contribution in [0.25, 0.3) is 16.8 Å². The van der Waals surface area contributed by atoms with Crippen LogP contribution in [0.4, 0.5) is 4.39 Å². The quantitative estimate of drug-likeness (QED) is 0.302. The van der Waals surface area contributed by atoms with Crippen LogP contribution in [0, 0.1) is 12.7 Å². The van der Waals surface area contributed by atoms with E-state index in [-0.39, 0.29) is 33.7 Å². The second-order valence-electron chi connectivity index (χ2n) is 8.92. The van der Waals surface area contributed by atoms with E-state index in [1.807, 2.05) is 6.92 Å². The monoisotopic (exact) mass is 552 g/mol. The Bertz CT molecular complexity index is 1660. The molecule has 1 N–H and O–H groups in total. The summed E-state index contributed by atoms with van der Waals surface area (Å²) in [7, 11) is -1.65. The molecule has 3 aromatic carbocycles. The van der Waals surface area contributed by atoms with Crippen LogP contribution < -0.4 is 15.0 Å². The van der Waals surface area contributed by atoms with Crippen molar-refractivity contribution in [2.24, 2.45) is 0 Å². The van der Waals surface area contributed by atoms with Gasteiger partial charge < -0.3 is 14.6 Å². The van der Waals surface area contributed by atoms with Gasteiger partial charge in [-0.1, -0.05) is 37.6 Å². The number of methoxy groups -OCH3 is 2. The summed E-state index contributed by atoms with van der Waals surface area (Å²) in [6.07, 6.45) is 1.71. The van der Waals surface area contributed by atoms with Crippen molar-refractivity contribution in [3.05, 3.63) is 88.2 Å². The predicted octanol–water partition coefficient (Wildman–Crippen LogP) is 5.25. The first-order valence-electron chi connectivity index (χ1n) is 12.3. The number of aromatic nitrogens is 2. The summed E-state index contributed by atoms with van der Waals surface area (Å²) >= 11 is 0. The molecule has 0 radical (unpaired) electrons. The molecule has 4 rings (SSSR count). The fraction of sp³-hybridized carbons (Fsp3) is 0.241. The van der Waals surface area contributed by atoms with E-state index in [2.05, 4.69) is 4.98 Å². The van der Waals surface area contributed by atoms with Crippen molar-refractivity contribution in [2.75, 3.05) is 14.2 Å². The summed E-state index contributed by atoms with van der Waals surface area (Å²) in [4.78, 5) is 16.2. The molecular weight excluding hydrogens is 523 g/mol. The van der Waals surface area contributed by atoms with Gasteiger partial charge in [-0.3, -0.25) is 9.36 Å². The molecule has 10 heteroatoms. The molecule has 204 valence electrons. The number of halogens is 1. The molecule has 0 aliphatic heterocycles. The Labute approximate surface area is 226 Å². The zero-order valence-electron chi connectivity index (χ0n) is 22.1. The lowest BCUT2D eigenvalue weighted by molar-refractivity contribution is 0.374. The van der Waals surface area contributed by atoms with Gasteiger partial charge in [0.25, 0.3) is 5.56 Å². The van der Waals surface area contributed by atoms with Gasteiger partial charge in [0.1, 0.15) is 28.8 Å². The summed E-state index contributed by atoms with van der Waals surface area (Å²) in [5.74, 6) is -0.417. The van der Waals surface area contributed by atoms with Gasteiger partial charge in [-0.05, 0) is 66.4 Å². The number of benzene rings is 3. The zero-order valence-corrected chi connectivity index (χ0v) is 22.9. The van der Waals surface area contributed by atoms with Crippen molar-refractivity contribution >= 4 is 9.84 Å². The molecule has 0 unspecified atom stereocenters. The Morgan fingerprint density at radius 1 is 1.00 bits per heavy atom. The van der Waals surface area contributed by atoms with Gasteiger partial charge in [0.15, 0.2) is 4.90 Å². The lowest BCUT2D eigenvalue weighted by Crippen LogP contribution is -2.25. The highest BCUT2D eigenvalue weighted by molar-refractivity contribution is 7.91. The number of aromatic hydroxyl groups is 1. The van der Waals surface area contributed by atoms with Crippen LogP contribution in [0.5, 0.6) is 17.4 Å². The number of ether oxygens (including phenoxy) is 2. The molecule has 1 aromatic heterocycles. The molecule has 0 saturated carbocycles. The molecule has 0 bridgehead atoms. The van der Waals surface area contributed by atoms with Crippen LogP contribution >= 0.6 is 0 Å². The second-order valence-corrected chi connectivity index (χ2v) is 10.8. The van der Waals surface area contributed by atoms with Gasteiger partial charge in [0.2, 0.25) is 15.7 Å². The van der Waals surface area contributed by atoms with Gasteiger partial charge in [0, 0.05) is 6.42 Å². The average Bonchev–Trinajstić information content (AvgIpc) is 2.91. The summed E-state index contributed by atoms with van der Waals surface area (Å²) in [5, 5.41) is 11.4. The van der Waals surface area contributed by atoms with E-state index in [4.69, 9.17) is 9.47 Å². The maximum atomic E-state index is 13.7. The number of unbranched alkanes of at least 4 members (excludes halogenated alkanes) is 1. The number of aryl methyl sites for hydroxylation is 2. The SMILES string of the molecule is CCCCc1nc(=O)c(S(=O)(=O)c2ccc(-c3ccc(F)cc3C)cc2)c(O)n1-c1c(OC)cccc1OC. The van der Waals surface area contributed by atoms with E-state index in [0.29, 0.717) is 24.0 Å². The first-order chi connectivity index (χ1) is 18.6. The highest BCUT2D eigenvalue weighted by Crippen LogP contribution is 2.38. The highest BCUT2D eigenvalue weighted by Gasteiger charge is 2.31. The minimum absolute atomic E-state index is 0.170. The maximum absolute atomic E-state index is 13.7. The van der Waals surface area contributed by atoms with Crippen molar-refractivity contribution in [2.45, 2.75) is 42.9 Å². The highest BCUT2D eigenvalue weighted by atomic mass is 32.2. The number of rotatable bonds is 9. The standard InChI is InChI=1S/C29H29FN2O6S/c1-5-6-10-25-31-28(33)27(29(34)32(25)26-23(37-3)8-7-9-24(26)38-4)39(35,36)21-14-11-19(12-15-21)22-16-13-20(30)17-18(22)2/h7-9,11-17,34H,5-6,10H2,1-4H3. The molecule has 0 spiro atoms. The molecule has 0 saturated heterocycles. The molecule has 0 aliphatic carbocycles. The Hall–Kier alpha value is -4.18. The van der Waals surface area contributed by atoms with Crippen LogP contribution in [0.2, 0.25) is 0 Å². The molecule has 0 amide bonds. The molecule has 0 atom stereocenters. The number of nitrogens with zero attached hydrogens (tertiary/aromatic N) is 2. The van der Waals surface area contributed by atoms with Crippen molar-refractivity contribution in [1.29, 1.82) is 0 Å². The molecular formula is C29H29FN2O6S. The third-order valence-corrected chi connectivity index (χ3v) is 8.20. The summed E-state index contributed by atoms with van der Waals surface area (Å²) in [6.45, 7) is 3.71. The van der Waals surface area contributed by atoms with Gasteiger partial charge in [-0.15, -0.1) is 0 Å². The van der Waals surface area contributed by atoms with E-state index in [0.717, 1.165) is 12.0 Å². The van der Waals surface area contributed by atoms with Gasteiger partial charge >= 0.3 is 0 Å². The number of para-hydroxylation sites is 1. The minimum atomic E-state index is -4.51.